The Kier molecular flexibility index (Phi) is 6.53. The van der Waals surface area contributed by atoms with E-state index >= 15 is 0 Å². The molecule has 1 fully saturated rings. The van der Waals surface area contributed by atoms with Crippen molar-refractivity contribution in [2.45, 2.75) is 52.1 Å². The summed E-state index contributed by atoms with van der Waals surface area (Å²) in [5.74, 6) is 0.693. The van der Waals surface area contributed by atoms with Gasteiger partial charge in [-0.2, -0.15) is 0 Å². The molecule has 3 heteroatoms. The zero-order valence-electron chi connectivity index (χ0n) is 13.6. The Morgan fingerprint density at radius 3 is 2.29 bits per heavy atom. The molecule has 0 bridgehead atoms. The average molecular weight is 309 g/mol. The van der Waals surface area contributed by atoms with E-state index in [9.17, 15) is 0 Å². The number of halogens is 1. The fourth-order valence-corrected chi connectivity index (χ4v) is 3.44. The number of hydrogen-bond acceptors (Lipinski definition) is 2. The molecule has 0 aromatic heterocycles. The molecule has 2 rings (SSSR count). The van der Waals surface area contributed by atoms with E-state index in [1.165, 1.54) is 31.5 Å². The van der Waals surface area contributed by atoms with Crippen LogP contribution in [0.3, 0.4) is 0 Å². The molecule has 1 aliphatic rings. The van der Waals surface area contributed by atoms with Crippen LogP contribution in [0.4, 0.5) is 0 Å². The van der Waals surface area contributed by atoms with Crippen molar-refractivity contribution in [1.82, 2.24) is 10.2 Å². The Morgan fingerprint density at radius 1 is 1.14 bits per heavy atom. The van der Waals surface area contributed by atoms with Crippen molar-refractivity contribution in [3.05, 3.63) is 34.9 Å². The molecule has 0 spiro atoms. The van der Waals surface area contributed by atoms with Crippen molar-refractivity contribution in [2.24, 2.45) is 5.92 Å². The predicted molar refractivity (Wildman–Crippen MR) is 91.9 cm³/mol. The second-order valence-corrected chi connectivity index (χ2v) is 6.91. The molecule has 2 nitrogen and oxygen atoms in total. The van der Waals surface area contributed by atoms with Gasteiger partial charge in [0.1, 0.15) is 0 Å². The van der Waals surface area contributed by atoms with Crippen LogP contribution in [0, 0.1) is 5.92 Å². The van der Waals surface area contributed by atoms with Crippen LogP contribution in [0.2, 0.25) is 5.02 Å². The Hall–Kier alpha value is -0.570. The Morgan fingerprint density at radius 2 is 1.76 bits per heavy atom. The molecule has 2 unspecified atom stereocenters. The molecular formula is C18H29ClN2. The van der Waals surface area contributed by atoms with Crippen molar-refractivity contribution in [3.63, 3.8) is 0 Å². The van der Waals surface area contributed by atoms with Crippen molar-refractivity contribution in [2.75, 3.05) is 19.6 Å². The van der Waals surface area contributed by atoms with Crippen molar-refractivity contribution in [3.8, 4) is 0 Å². The molecule has 0 amide bonds. The van der Waals surface area contributed by atoms with Gasteiger partial charge in [-0.3, -0.25) is 4.90 Å². The normalized spacial score (nSPS) is 19.1. The highest BCUT2D eigenvalue weighted by Gasteiger charge is 2.25. The minimum atomic E-state index is 0.422. The highest BCUT2D eigenvalue weighted by molar-refractivity contribution is 6.30. The molecule has 0 saturated carbocycles. The van der Waals surface area contributed by atoms with Gasteiger partial charge in [0.05, 0.1) is 0 Å². The minimum Gasteiger partial charge on any atom is -0.308 e. The van der Waals surface area contributed by atoms with Gasteiger partial charge in [0.15, 0.2) is 0 Å². The summed E-state index contributed by atoms with van der Waals surface area (Å²) in [5, 5.41) is 4.59. The van der Waals surface area contributed by atoms with Gasteiger partial charge in [-0.05, 0) is 56.0 Å². The monoisotopic (exact) mass is 308 g/mol. The Balaban J connectivity index is 1.95. The van der Waals surface area contributed by atoms with Crippen LogP contribution in [0.25, 0.3) is 0 Å². The third kappa shape index (κ3) is 4.70. The first-order chi connectivity index (χ1) is 10.1. The summed E-state index contributed by atoms with van der Waals surface area (Å²) in [4.78, 5) is 2.66. The summed E-state index contributed by atoms with van der Waals surface area (Å²) in [6, 6.07) is 9.33. The van der Waals surface area contributed by atoms with Gasteiger partial charge in [-0.15, -0.1) is 0 Å². The minimum absolute atomic E-state index is 0.422. The molecule has 1 aromatic rings. The van der Waals surface area contributed by atoms with Crippen LogP contribution in [-0.4, -0.2) is 30.6 Å². The predicted octanol–water partition coefficient (Wildman–Crippen LogP) is 4.50. The summed E-state index contributed by atoms with van der Waals surface area (Å²) in [6.45, 7) is 10.5. The summed E-state index contributed by atoms with van der Waals surface area (Å²) >= 11 is 5.99. The van der Waals surface area contributed by atoms with Gasteiger partial charge in [0.2, 0.25) is 0 Å². The Bertz CT molecular complexity index is 410. The lowest BCUT2D eigenvalue weighted by Gasteiger charge is -2.32. The average Bonchev–Trinajstić information content (AvgIpc) is 2.98. The standard InChI is InChI=1S/C18H29ClN2/c1-4-17(15-7-9-16(19)10-8-15)20-13-18(14(2)3)21-11-5-6-12-21/h7-10,14,17-18,20H,4-6,11-13H2,1-3H3. The third-order valence-corrected chi connectivity index (χ3v) is 4.89. The van der Waals surface area contributed by atoms with Crippen LogP contribution in [-0.2, 0) is 0 Å². The second-order valence-electron chi connectivity index (χ2n) is 6.48. The fourth-order valence-electron chi connectivity index (χ4n) is 3.32. The number of benzene rings is 1. The molecule has 0 aliphatic carbocycles. The maximum atomic E-state index is 5.99. The first-order valence-corrected chi connectivity index (χ1v) is 8.72. The van der Waals surface area contributed by atoms with E-state index in [0.717, 1.165) is 18.0 Å². The van der Waals surface area contributed by atoms with Crippen molar-refractivity contribution < 1.29 is 0 Å². The lowest BCUT2D eigenvalue weighted by molar-refractivity contribution is 0.181. The summed E-state index contributed by atoms with van der Waals surface area (Å²) < 4.78 is 0. The molecule has 21 heavy (non-hydrogen) atoms. The molecule has 1 N–H and O–H groups in total. The number of rotatable bonds is 7. The number of likely N-dealkylation sites (tertiary alicyclic amines) is 1. The smallest absolute Gasteiger partial charge is 0.0406 e. The number of hydrogen-bond donors (Lipinski definition) is 1. The molecule has 1 saturated heterocycles. The van der Waals surface area contributed by atoms with Crippen LogP contribution >= 0.6 is 11.6 Å². The summed E-state index contributed by atoms with van der Waals surface area (Å²) in [7, 11) is 0. The maximum Gasteiger partial charge on any atom is 0.0406 e. The van der Waals surface area contributed by atoms with E-state index in [1.807, 2.05) is 12.1 Å². The fraction of sp³-hybridized carbons (Fsp3) is 0.667. The second kappa shape index (κ2) is 8.17. The van der Waals surface area contributed by atoms with E-state index in [0.29, 0.717) is 18.0 Å². The van der Waals surface area contributed by atoms with Crippen LogP contribution in [0.1, 0.15) is 51.6 Å². The topological polar surface area (TPSA) is 15.3 Å². The van der Waals surface area contributed by atoms with Gasteiger partial charge in [0.25, 0.3) is 0 Å². The van der Waals surface area contributed by atoms with Crippen molar-refractivity contribution in [1.29, 1.82) is 0 Å². The lowest BCUT2D eigenvalue weighted by atomic mass is 10.00. The molecule has 0 radical (unpaired) electrons. The quantitative estimate of drug-likeness (QED) is 0.798. The third-order valence-electron chi connectivity index (χ3n) is 4.63. The highest BCUT2D eigenvalue weighted by atomic mass is 35.5. The molecular weight excluding hydrogens is 280 g/mol. The van der Waals surface area contributed by atoms with E-state index < -0.39 is 0 Å². The van der Waals surface area contributed by atoms with Gasteiger partial charge in [-0.1, -0.05) is 44.5 Å². The molecule has 118 valence electrons. The SMILES string of the molecule is CCC(NCC(C(C)C)N1CCCC1)c1ccc(Cl)cc1. The number of nitrogens with one attached hydrogen (secondary N) is 1. The first kappa shape index (κ1) is 16.8. The Labute approximate surface area is 134 Å². The van der Waals surface area contributed by atoms with Gasteiger partial charge in [0, 0.05) is 23.7 Å². The van der Waals surface area contributed by atoms with Crippen LogP contribution in [0.5, 0.6) is 0 Å². The van der Waals surface area contributed by atoms with Crippen LogP contribution in [0.15, 0.2) is 24.3 Å². The summed E-state index contributed by atoms with van der Waals surface area (Å²) in [6.07, 6.45) is 3.82. The maximum absolute atomic E-state index is 5.99. The summed E-state index contributed by atoms with van der Waals surface area (Å²) in [5.41, 5.74) is 1.34. The molecule has 1 aliphatic heterocycles. The van der Waals surface area contributed by atoms with Gasteiger partial charge in [-0.25, -0.2) is 0 Å². The van der Waals surface area contributed by atoms with E-state index in [4.69, 9.17) is 11.6 Å². The zero-order valence-corrected chi connectivity index (χ0v) is 14.4. The molecule has 2 atom stereocenters. The highest BCUT2D eigenvalue weighted by Crippen LogP contribution is 2.21. The van der Waals surface area contributed by atoms with Crippen LogP contribution < -0.4 is 5.32 Å². The molecule has 1 aromatic carbocycles. The van der Waals surface area contributed by atoms with E-state index in [-0.39, 0.29) is 0 Å². The van der Waals surface area contributed by atoms with E-state index in [2.05, 4.69) is 43.1 Å². The van der Waals surface area contributed by atoms with Gasteiger partial charge < -0.3 is 5.32 Å². The molecule has 1 heterocycles. The zero-order chi connectivity index (χ0) is 15.2. The largest absolute Gasteiger partial charge is 0.308 e. The lowest BCUT2D eigenvalue weighted by Crippen LogP contribution is -2.45. The van der Waals surface area contributed by atoms with Gasteiger partial charge >= 0.3 is 0 Å². The first-order valence-electron chi connectivity index (χ1n) is 8.34. The van der Waals surface area contributed by atoms with Crippen molar-refractivity contribution >= 4 is 11.6 Å². The number of nitrogens with zero attached hydrogens (tertiary/aromatic N) is 1. The van der Waals surface area contributed by atoms with E-state index in [1.54, 1.807) is 0 Å².